The van der Waals surface area contributed by atoms with E-state index >= 15 is 0 Å². The summed E-state index contributed by atoms with van der Waals surface area (Å²) in [6.07, 6.45) is 0.0710. The molecule has 1 atom stereocenters. The van der Waals surface area contributed by atoms with Gasteiger partial charge in [-0.3, -0.25) is 0 Å². The van der Waals surface area contributed by atoms with Gasteiger partial charge in [0.05, 0.1) is 19.3 Å². The molecule has 0 aromatic carbocycles. The first kappa shape index (κ1) is 12.2. The summed E-state index contributed by atoms with van der Waals surface area (Å²) in [4.78, 5) is 0. The Kier molecular flexibility index (Phi) is 4.81. The Morgan fingerprint density at radius 3 is 2.80 bits per heavy atom. The molecule has 0 spiro atoms. The minimum atomic E-state index is 0.0710. The van der Waals surface area contributed by atoms with Gasteiger partial charge >= 0.3 is 0 Å². The summed E-state index contributed by atoms with van der Waals surface area (Å²) in [5.74, 6) is 1.64. The molecule has 0 aliphatic heterocycles. The van der Waals surface area contributed by atoms with E-state index in [0.717, 1.165) is 17.1 Å². The van der Waals surface area contributed by atoms with Gasteiger partial charge in [0.25, 0.3) is 0 Å². The number of methoxy groups -OCH3 is 1. The van der Waals surface area contributed by atoms with Crippen LogP contribution in [0.25, 0.3) is 0 Å². The summed E-state index contributed by atoms with van der Waals surface area (Å²) in [5, 5.41) is 0. The molecule has 0 bridgehead atoms. The molecule has 0 saturated heterocycles. The Morgan fingerprint density at radius 2 is 2.27 bits per heavy atom. The van der Waals surface area contributed by atoms with Crippen molar-refractivity contribution in [1.82, 2.24) is 0 Å². The molecule has 1 aromatic heterocycles. The zero-order valence-electron chi connectivity index (χ0n) is 9.58. The van der Waals surface area contributed by atoms with Crippen LogP contribution in [0.2, 0.25) is 0 Å². The lowest BCUT2D eigenvalue weighted by Crippen LogP contribution is -2.14. The van der Waals surface area contributed by atoms with Crippen LogP contribution in [0.15, 0.2) is 10.5 Å². The molecular formula is C11H19NO3. The van der Waals surface area contributed by atoms with Gasteiger partial charge in [-0.25, -0.2) is 0 Å². The molecule has 0 saturated carbocycles. The van der Waals surface area contributed by atoms with Crippen molar-refractivity contribution in [2.45, 2.75) is 33.1 Å². The van der Waals surface area contributed by atoms with E-state index < -0.39 is 0 Å². The average Bonchev–Trinajstić information content (AvgIpc) is 2.56. The highest BCUT2D eigenvalue weighted by Gasteiger charge is 2.08. The molecule has 0 aliphatic rings. The predicted octanol–water partition coefficient (Wildman–Crippen LogP) is 1.60. The number of rotatable bonds is 6. The first-order chi connectivity index (χ1) is 7.17. The van der Waals surface area contributed by atoms with E-state index in [4.69, 9.17) is 19.6 Å². The van der Waals surface area contributed by atoms with Crippen molar-refractivity contribution in [3.63, 3.8) is 0 Å². The van der Waals surface area contributed by atoms with Crippen molar-refractivity contribution in [1.29, 1.82) is 0 Å². The molecule has 2 N–H and O–H groups in total. The van der Waals surface area contributed by atoms with Gasteiger partial charge in [0.1, 0.15) is 18.1 Å². The molecule has 1 unspecified atom stereocenters. The number of aryl methyl sites for hydroxylation is 1. The molecule has 1 rings (SSSR count). The monoisotopic (exact) mass is 213 g/mol. The molecule has 4 heteroatoms. The van der Waals surface area contributed by atoms with E-state index in [1.807, 2.05) is 19.9 Å². The topological polar surface area (TPSA) is 57.6 Å². The van der Waals surface area contributed by atoms with Crippen molar-refractivity contribution in [2.75, 3.05) is 13.7 Å². The fourth-order valence-corrected chi connectivity index (χ4v) is 1.37. The molecule has 1 heterocycles. The molecule has 0 fully saturated rings. The van der Waals surface area contributed by atoms with Crippen LogP contribution >= 0.6 is 0 Å². The third-order valence-electron chi connectivity index (χ3n) is 2.17. The third-order valence-corrected chi connectivity index (χ3v) is 2.17. The zero-order chi connectivity index (χ0) is 11.3. The maximum absolute atomic E-state index is 5.52. The summed E-state index contributed by atoms with van der Waals surface area (Å²) in [6.45, 7) is 5.42. The van der Waals surface area contributed by atoms with E-state index in [2.05, 4.69) is 0 Å². The molecule has 0 radical (unpaired) electrons. The molecule has 1 aromatic rings. The van der Waals surface area contributed by atoms with Gasteiger partial charge in [0, 0.05) is 7.11 Å². The van der Waals surface area contributed by atoms with E-state index in [-0.39, 0.29) is 6.10 Å². The van der Waals surface area contributed by atoms with E-state index in [1.54, 1.807) is 7.11 Å². The van der Waals surface area contributed by atoms with Gasteiger partial charge in [-0.05, 0) is 25.5 Å². The van der Waals surface area contributed by atoms with Crippen molar-refractivity contribution < 1.29 is 13.9 Å². The largest absolute Gasteiger partial charge is 0.462 e. The first-order valence-corrected chi connectivity index (χ1v) is 5.06. The summed E-state index contributed by atoms with van der Waals surface area (Å²) < 4.78 is 16.0. The number of furan rings is 1. The average molecular weight is 213 g/mol. The van der Waals surface area contributed by atoms with Gasteiger partial charge in [0.15, 0.2) is 0 Å². The Bertz CT molecular complexity index is 296. The zero-order valence-corrected chi connectivity index (χ0v) is 9.58. The Balaban J connectivity index is 2.43. The lowest BCUT2D eigenvalue weighted by atomic mass is 10.3. The number of ether oxygens (including phenoxy) is 2. The highest BCUT2D eigenvalue weighted by molar-refractivity contribution is 5.19. The summed E-state index contributed by atoms with van der Waals surface area (Å²) in [5.41, 5.74) is 6.59. The van der Waals surface area contributed by atoms with Crippen LogP contribution in [0.1, 0.15) is 24.0 Å². The van der Waals surface area contributed by atoms with Gasteiger partial charge < -0.3 is 19.6 Å². The molecule has 0 aliphatic carbocycles. The van der Waals surface area contributed by atoms with Crippen molar-refractivity contribution in [2.24, 2.45) is 5.73 Å². The van der Waals surface area contributed by atoms with E-state index in [9.17, 15) is 0 Å². The Morgan fingerprint density at radius 1 is 1.53 bits per heavy atom. The normalized spacial score (nSPS) is 13.1. The third kappa shape index (κ3) is 3.66. The molecule has 0 amide bonds. The Labute approximate surface area is 90.3 Å². The van der Waals surface area contributed by atoms with Crippen LogP contribution in [0.4, 0.5) is 0 Å². The second-order valence-electron chi connectivity index (χ2n) is 3.60. The molecule has 4 nitrogen and oxygen atoms in total. The van der Waals surface area contributed by atoms with Crippen LogP contribution < -0.4 is 5.73 Å². The van der Waals surface area contributed by atoms with Crippen LogP contribution in [0.3, 0.4) is 0 Å². The predicted molar refractivity (Wildman–Crippen MR) is 57.5 cm³/mol. The highest BCUT2D eigenvalue weighted by Crippen LogP contribution is 2.15. The Hall–Kier alpha value is -0.840. The van der Waals surface area contributed by atoms with Crippen LogP contribution in [-0.4, -0.2) is 19.8 Å². The molecule has 15 heavy (non-hydrogen) atoms. The van der Waals surface area contributed by atoms with Gasteiger partial charge in [-0.2, -0.15) is 0 Å². The minimum absolute atomic E-state index is 0.0710. The second kappa shape index (κ2) is 5.90. The lowest BCUT2D eigenvalue weighted by molar-refractivity contribution is -0.00662. The minimum Gasteiger partial charge on any atom is -0.462 e. The van der Waals surface area contributed by atoms with E-state index in [0.29, 0.717) is 19.8 Å². The summed E-state index contributed by atoms with van der Waals surface area (Å²) >= 11 is 0. The van der Waals surface area contributed by atoms with Gasteiger partial charge in [-0.1, -0.05) is 0 Å². The number of hydrogen-bond donors (Lipinski definition) is 1. The second-order valence-corrected chi connectivity index (χ2v) is 3.60. The number of hydrogen-bond acceptors (Lipinski definition) is 4. The van der Waals surface area contributed by atoms with Crippen molar-refractivity contribution in [3.05, 3.63) is 23.2 Å². The summed E-state index contributed by atoms with van der Waals surface area (Å²) in [7, 11) is 1.66. The molecule has 86 valence electrons. The fraction of sp³-hybridized carbons (Fsp3) is 0.636. The van der Waals surface area contributed by atoms with Crippen molar-refractivity contribution in [3.8, 4) is 0 Å². The maximum Gasteiger partial charge on any atom is 0.130 e. The fourth-order valence-electron chi connectivity index (χ4n) is 1.37. The maximum atomic E-state index is 5.52. The molecular weight excluding hydrogens is 194 g/mol. The van der Waals surface area contributed by atoms with Crippen LogP contribution in [0.5, 0.6) is 0 Å². The number of nitrogens with two attached hydrogens (primary N) is 1. The van der Waals surface area contributed by atoms with Gasteiger partial charge in [-0.15, -0.1) is 0 Å². The summed E-state index contributed by atoms with van der Waals surface area (Å²) in [6, 6.07) is 1.96. The van der Waals surface area contributed by atoms with E-state index in [1.165, 1.54) is 0 Å². The van der Waals surface area contributed by atoms with Crippen LogP contribution in [0, 0.1) is 6.92 Å². The SMILES string of the molecule is COCC(C)OCc1cc(C)c(CN)o1. The van der Waals surface area contributed by atoms with Gasteiger partial charge in [0.2, 0.25) is 0 Å². The first-order valence-electron chi connectivity index (χ1n) is 5.06. The standard InChI is InChI=1S/C11H19NO3/c1-8-4-10(15-11(8)5-12)7-14-9(2)6-13-3/h4,9H,5-7,12H2,1-3H3. The highest BCUT2D eigenvalue weighted by atomic mass is 16.5. The smallest absolute Gasteiger partial charge is 0.130 e. The quantitative estimate of drug-likeness (QED) is 0.779. The van der Waals surface area contributed by atoms with Crippen molar-refractivity contribution >= 4 is 0 Å². The van der Waals surface area contributed by atoms with Crippen LogP contribution in [-0.2, 0) is 22.6 Å². The lowest BCUT2D eigenvalue weighted by Gasteiger charge is -2.10.